The van der Waals surface area contributed by atoms with Crippen molar-refractivity contribution in [1.29, 1.82) is 0 Å². The van der Waals surface area contributed by atoms with Crippen LogP contribution in [0.25, 0.3) is 10.7 Å². The molecule has 2 aromatic rings. The third kappa shape index (κ3) is 2.70. The Bertz CT molecular complexity index is 627. The number of aromatic nitrogens is 2. The third-order valence-corrected chi connectivity index (χ3v) is 5.50. The molecule has 20 heavy (non-hydrogen) atoms. The van der Waals surface area contributed by atoms with Crippen LogP contribution in [-0.4, -0.2) is 23.1 Å². The summed E-state index contributed by atoms with van der Waals surface area (Å²) in [6.07, 6.45) is 0.823. The normalized spacial score (nSPS) is 14.2. The number of nitrogens with one attached hydrogen (secondary N) is 1. The van der Waals surface area contributed by atoms with Gasteiger partial charge in [0.25, 0.3) is 0 Å². The minimum Gasteiger partial charge on any atom is -0.376 e. The first-order valence-corrected chi connectivity index (χ1v) is 8.34. The Morgan fingerprint density at radius 1 is 1.50 bits per heavy atom. The second-order valence-corrected chi connectivity index (χ2v) is 6.89. The van der Waals surface area contributed by atoms with Crippen LogP contribution in [0.5, 0.6) is 0 Å². The lowest BCUT2D eigenvalue weighted by Gasteiger charge is -2.19. The van der Waals surface area contributed by atoms with Gasteiger partial charge in [-0.15, -0.1) is 11.3 Å². The molecule has 0 unspecified atom stereocenters. The maximum absolute atomic E-state index is 6.10. The summed E-state index contributed by atoms with van der Waals surface area (Å²) in [7, 11) is 0. The van der Waals surface area contributed by atoms with Gasteiger partial charge in [-0.05, 0) is 28.9 Å². The number of fused-ring (bicyclic) bond motifs is 1. The fourth-order valence-electron chi connectivity index (χ4n) is 2.11. The number of nitrogens with zero attached hydrogens (tertiary/aromatic N) is 2. The standard InChI is InChI=1S/C13H13BrClN3OS/c1-2-16-12-7-6-19-4-3-9(7)17-13(18-12)10-5-8(14)11(15)20-10/h5H,2-4,6H2,1H3,(H,16,17,18). The second kappa shape index (κ2) is 5.97. The van der Waals surface area contributed by atoms with Crippen molar-refractivity contribution in [2.24, 2.45) is 0 Å². The van der Waals surface area contributed by atoms with Crippen molar-refractivity contribution in [1.82, 2.24) is 9.97 Å². The van der Waals surface area contributed by atoms with E-state index < -0.39 is 0 Å². The third-order valence-electron chi connectivity index (χ3n) is 3.03. The van der Waals surface area contributed by atoms with Gasteiger partial charge in [0.05, 0.1) is 23.8 Å². The Kier molecular flexibility index (Phi) is 4.26. The Hall–Kier alpha value is -0.690. The molecule has 3 rings (SSSR count). The van der Waals surface area contributed by atoms with Gasteiger partial charge >= 0.3 is 0 Å². The van der Waals surface area contributed by atoms with Crippen molar-refractivity contribution in [2.45, 2.75) is 20.0 Å². The summed E-state index contributed by atoms with van der Waals surface area (Å²) in [6, 6.07) is 1.96. The highest BCUT2D eigenvalue weighted by molar-refractivity contribution is 9.10. The van der Waals surface area contributed by atoms with Gasteiger partial charge < -0.3 is 10.1 Å². The van der Waals surface area contributed by atoms with Crippen LogP contribution in [0.1, 0.15) is 18.2 Å². The largest absolute Gasteiger partial charge is 0.376 e. The molecule has 0 radical (unpaired) electrons. The zero-order chi connectivity index (χ0) is 14.1. The molecule has 0 atom stereocenters. The molecule has 3 heterocycles. The molecule has 0 saturated carbocycles. The molecule has 1 aliphatic rings. The highest BCUT2D eigenvalue weighted by Gasteiger charge is 2.19. The van der Waals surface area contributed by atoms with Gasteiger partial charge in [0.15, 0.2) is 5.82 Å². The van der Waals surface area contributed by atoms with E-state index in [0.29, 0.717) is 13.2 Å². The minimum absolute atomic E-state index is 0.576. The number of anilines is 1. The summed E-state index contributed by atoms with van der Waals surface area (Å²) < 4.78 is 7.11. The zero-order valence-electron chi connectivity index (χ0n) is 10.9. The van der Waals surface area contributed by atoms with Gasteiger partial charge in [0.1, 0.15) is 10.2 Å². The summed E-state index contributed by atoms with van der Waals surface area (Å²) in [4.78, 5) is 10.3. The highest BCUT2D eigenvalue weighted by Crippen LogP contribution is 2.37. The molecule has 0 spiro atoms. The molecule has 1 N–H and O–H groups in total. The van der Waals surface area contributed by atoms with Gasteiger partial charge in [-0.2, -0.15) is 0 Å². The number of ether oxygens (including phenoxy) is 1. The molecular weight excluding hydrogens is 362 g/mol. The summed E-state index contributed by atoms with van der Waals surface area (Å²) in [5.74, 6) is 1.59. The molecule has 7 heteroatoms. The van der Waals surface area contributed by atoms with Gasteiger partial charge in [0, 0.05) is 23.0 Å². The van der Waals surface area contributed by atoms with Crippen LogP contribution in [0, 0.1) is 0 Å². The Balaban J connectivity index is 2.09. The van der Waals surface area contributed by atoms with Crippen molar-refractivity contribution in [3.8, 4) is 10.7 Å². The summed E-state index contributed by atoms with van der Waals surface area (Å²) in [5.41, 5.74) is 2.14. The molecule has 0 fully saturated rings. The highest BCUT2D eigenvalue weighted by atomic mass is 79.9. The van der Waals surface area contributed by atoms with Crippen molar-refractivity contribution in [3.05, 3.63) is 26.1 Å². The molecule has 0 aromatic carbocycles. The number of thiophene rings is 1. The predicted octanol–water partition coefficient (Wildman–Crippen LogP) is 4.13. The van der Waals surface area contributed by atoms with Crippen LogP contribution >= 0.6 is 38.9 Å². The fourth-order valence-corrected chi connectivity index (χ4v) is 3.75. The Labute approximate surface area is 134 Å². The maximum Gasteiger partial charge on any atom is 0.171 e. The van der Waals surface area contributed by atoms with Crippen molar-refractivity contribution in [3.63, 3.8) is 0 Å². The maximum atomic E-state index is 6.10. The van der Waals surface area contributed by atoms with Crippen molar-refractivity contribution >= 4 is 44.7 Å². The van der Waals surface area contributed by atoms with Crippen molar-refractivity contribution in [2.75, 3.05) is 18.5 Å². The van der Waals surface area contributed by atoms with Crippen LogP contribution in [0.4, 0.5) is 5.82 Å². The van der Waals surface area contributed by atoms with E-state index >= 15 is 0 Å². The first kappa shape index (κ1) is 14.3. The molecule has 0 aliphatic carbocycles. The second-order valence-electron chi connectivity index (χ2n) is 4.39. The lowest BCUT2D eigenvalue weighted by molar-refractivity contribution is 0.109. The van der Waals surface area contributed by atoms with E-state index in [1.54, 1.807) is 0 Å². The number of rotatable bonds is 3. The molecule has 0 saturated heterocycles. The average molecular weight is 375 g/mol. The number of hydrogen-bond donors (Lipinski definition) is 1. The first-order valence-electron chi connectivity index (χ1n) is 6.35. The fraction of sp³-hybridized carbons (Fsp3) is 0.385. The lowest BCUT2D eigenvalue weighted by Crippen LogP contribution is -2.17. The molecule has 0 bridgehead atoms. The number of halogens is 2. The van der Waals surface area contributed by atoms with Crippen LogP contribution < -0.4 is 5.32 Å². The summed E-state index contributed by atoms with van der Waals surface area (Å²) in [5, 5.41) is 3.30. The monoisotopic (exact) mass is 373 g/mol. The van der Waals surface area contributed by atoms with E-state index in [4.69, 9.17) is 16.3 Å². The van der Waals surface area contributed by atoms with Crippen LogP contribution in [-0.2, 0) is 17.8 Å². The van der Waals surface area contributed by atoms with E-state index in [9.17, 15) is 0 Å². The summed E-state index contributed by atoms with van der Waals surface area (Å²) >= 11 is 11.0. The van der Waals surface area contributed by atoms with Gasteiger partial charge in [-0.25, -0.2) is 9.97 Å². The minimum atomic E-state index is 0.576. The molecule has 2 aromatic heterocycles. The molecule has 4 nitrogen and oxygen atoms in total. The van der Waals surface area contributed by atoms with E-state index in [1.807, 2.05) is 6.07 Å². The Morgan fingerprint density at radius 2 is 2.35 bits per heavy atom. The van der Waals surface area contributed by atoms with Crippen LogP contribution in [0.15, 0.2) is 10.5 Å². The van der Waals surface area contributed by atoms with Crippen LogP contribution in [0.3, 0.4) is 0 Å². The van der Waals surface area contributed by atoms with Gasteiger partial charge in [0.2, 0.25) is 0 Å². The van der Waals surface area contributed by atoms with E-state index in [2.05, 4.69) is 38.1 Å². The lowest BCUT2D eigenvalue weighted by atomic mass is 10.1. The van der Waals surface area contributed by atoms with Gasteiger partial charge in [-0.1, -0.05) is 11.6 Å². The average Bonchev–Trinajstić information content (AvgIpc) is 2.79. The molecular formula is C13H13BrClN3OS. The van der Waals surface area contributed by atoms with Crippen LogP contribution in [0.2, 0.25) is 4.34 Å². The SMILES string of the molecule is CCNc1nc(-c2cc(Br)c(Cl)s2)nc2c1COCC2. The zero-order valence-corrected chi connectivity index (χ0v) is 14.0. The van der Waals surface area contributed by atoms with Gasteiger partial charge in [-0.3, -0.25) is 0 Å². The molecule has 106 valence electrons. The number of hydrogen-bond acceptors (Lipinski definition) is 5. The Morgan fingerprint density at radius 3 is 3.05 bits per heavy atom. The first-order chi connectivity index (χ1) is 9.69. The smallest absolute Gasteiger partial charge is 0.171 e. The topological polar surface area (TPSA) is 47.0 Å². The van der Waals surface area contributed by atoms with E-state index in [1.165, 1.54) is 11.3 Å². The van der Waals surface area contributed by atoms with Crippen molar-refractivity contribution < 1.29 is 4.74 Å². The predicted molar refractivity (Wildman–Crippen MR) is 85.6 cm³/mol. The quantitative estimate of drug-likeness (QED) is 0.877. The van der Waals surface area contributed by atoms with E-state index in [-0.39, 0.29) is 0 Å². The molecule has 0 amide bonds. The molecule has 1 aliphatic heterocycles. The van der Waals surface area contributed by atoms with E-state index in [0.717, 1.165) is 49.6 Å². The summed E-state index contributed by atoms with van der Waals surface area (Å²) in [6.45, 7) is 4.16.